The van der Waals surface area contributed by atoms with Gasteiger partial charge in [0.05, 0.1) is 5.69 Å². The van der Waals surface area contributed by atoms with Gasteiger partial charge >= 0.3 is 0 Å². The van der Waals surface area contributed by atoms with Gasteiger partial charge < -0.3 is 9.47 Å². The first kappa shape index (κ1) is 15.8. The maximum absolute atomic E-state index is 12.4. The number of ether oxygens (including phenoxy) is 2. The van der Waals surface area contributed by atoms with Crippen molar-refractivity contribution in [1.29, 1.82) is 0 Å². The molecule has 0 saturated heterocycles. The first-order valence-corrected chi connectivity index (χ1v) is 10.4. The van der Waals surface area contributed by atoms with Gasteiger partial charge in [0.25, 0.3) is 15.8 Å². The lowest BCUT2D eigenvalue weighted by Gasteiger charge is -2.31. The first-order chi connectivity index (χ1) is 11.5. The summed E-state index contributed by atoms with van der Waals surface area (Å²) in [5.41, 5.74) is 0.483. The van der Waals surface area contributed by atoms with Crippen molar-refractivity contribution in [3.63, 3.8) is 0 Å². The Morgan fingerprint density at radius 1 is 1.04 bits per heavy atom. The average Bonchev–Trinajstić information content (AvgIpc) is 3.11. The Hall–Kier alpha value is -1.73. The van der Waals surface area contributed by atoms with Crippen LogP contribution in [0.4, 0.5) is 5.69 Å². The van der Waals surface area contributed by atoms with Crippen LogP contribution >= 0.6 is 11.3 Å². The van der Waals surface area contributed by atoms with Gasteiger partial charge in [0, 0.05) is 23.8 Å². The number of benzene rings is 1. The van der Waals surface area contributed by atoms with Crippen molar-refractivity contribution in [1.82, 2.24) is 0 Å². The van der Waals surface area contributed by atoms with Crippen LogP contribution in [0.5, 0.6) is 11.5 Å². The second kappa shape index (κ2) is 5.67. The topological polar surface area (TPSA) is 64.6 Å². The van der Waals surface area contributed by atoms with Gasteiger partial charge in [-0.25, -0.2) is 8.42 Å². The maximum Gasteiger partial charge on any atom is 0.271 e. The van der Waals surface area contributed by atoms with E-state index in [1.165, 1.54) is 17.8 Å². The van der Waals surface area contributed by atoms with Crippen LogP contribution in [0.1, 0.15) is 37.0 Å². The van der Waals surface area contributed by atoms with E-state index in [0.29, 0.717) is 21.4 Å². The van der Waals surface area contributed by atoms with Crippen molar-refractivity contribution in [2.75, 3.05) is 4.72 Å². The van der Waals surface area contributed by atoms with E-state index in [-0.39, 0.29) is 0 Å². The van der Waals surface area contributed by atoms with Gasteiger partial charge in [-0.2, -0.15) is 0 Å². The fraction of sp³-hybridized carbons (Fsp3) is 0.412. The molecule has 1 fully saturated rings. The SMILES string of the molecule is Cc1ccc(S(=O)(=O)Nc2ccc3c(c2)OC2(CCCCC2)O3)s1. The summed E-state index contributed by atoms with van der Waals surface area (Å²) in [4.78, 5) is 0.959. The smallest absolute Gasteiger partial charge is 0.271 e. The number of rotatable bonds is 3. The molecule has 0 bridgehead atoms. The van der Waals surface area contributed by atoms with Crippen molar-refractivity contribution in [3.8, 4) is 11.5 Å². The number of nitrogens with one attached hydrogen (secondary N) is 1. The Balaban J connectivity index is 1.56. The molecule has 128 valence electrons. The summed E-state index contributed by atoms with van der Waals surface area (Å²) in [7, 11) is -3.57. The zero-order valence-corrected chi connectivity index (χ0v) is 15.0. The molecule has 4 rings (SSSR count). The van der Waals surface area contributed by atoms with Gasteiger partial charge in [0.2, 0.25) is 0 Å². The number of hydrogen-bond donors (Lipinski definition) is 1. The van der Waals surface area contributed by atoms with Crippen LogP contribution in [0.15, 0.2) is 34.5 Å². The monoisotopic (exact) mass is 365 g/mol. The maximum atomic E-state index is 12.4. The molecule has 1 aliphatic heterocycles. The number of anilines is 1. The largest absolute Gasteiger partial charge is 0.448 e. The third-order valence-corrected chi connectivity index (χ3v) is 7.26. The lowest BCUT2D eigenvalue weighted by molar-refractivity contribution is -0.105. The number of hydrogen-bond acceptors (Lipinski definition) is 5. The summed E-state index contributed by atoms with van der Waals surface area (Å²) in [6, 6.07) is 8.60. The average molecular weight is 365 g/mol. The molecule has 1 aromatic carbocycles. The Bertz CT molecular complexity index is 866. The summed E-state index contributed by atoms with van der Waals surface area (Å²) in [5, 5.41) is 0. The lowest BCUT2D eigenvalue weighted by atomic mass is 9.94. The molecule has 1 N–H and O–H groups in total. The van der Waals surface area contributed by atoms with E-state index in [0.717, 1.165) is 30.6 Å². The van der Waals surface area contributed by atoms with Gasteiger partial charge in [0.15, 0.2) is 11.5 Å². The second-order valence-corrected chi connectivity index (χ2v) is 9.50. The zero-order valence-electron chi connectivity index (χ0n) is 13.4. The fourth-order valence-corrected chi connectivity index (χ4v) is 5.55. The first-order valence-electron chi connectivity index (χ1n) is 8.07. The molecule has 0 unspecified atom stereocenters. The number of thiophene rings is 1. The predicted octanol–water partition coefficient (Wildman–Crippen LogP) is 4.29. The predicted molar refractivity (Wildman–Crippen MR) is 93.4 cm³/mol. The van der Waals surface area contributed by atoms with Crippen LogP contribution in [-0.2, 0) is 10.0 Å². The second-order valence-electron chi connectivity index (χ2n) is 6.31. The molecular weight excluding hydrogens is 346 g/mol. The molecule has 1 aromatic heterocycles. The van der Waals surface area contributed by atoms with E-state index >= 15 is 0 Å². The summed E-state index contributed by atoms with van der Waals surface area (Å²) in [6.07, 6.45) is 5.13. The summed E-state index contributed by atoms with van der Waals surface area (Å²) in [6.45, 7) is 1.88. The molecule has 0 radical (unpaired) electrons. The van der Waals surface area contributed by atoms with Gasteiger partial charge in [-0.05, 0) is 44.0 Å². The molecule has 0 atom stereocenters. The number of sulfonamides is 1. The molecule has 2 heterocycles. The summed E-state index contributed by atoms with van der Waals surface area (Å²) in [5.74, 6) is 0.745. The molecule has 5 nitrogen and oxygen atoms in total. The van der Waals surface area contributed by atoms with E-state index in [1.54, 1.807) is 30.3 Å². The molecule has 0 amide bonds. The van der Waals surface area contributed by atoms with Crippen LogP contribution in [0.2, 0.25) is 0 Å². The molecule has 1 saturated carbocycles. The van der Waals surface area contributed by atoms with Crippen molar-refractivity contribution in [3.05, 3.63) is 35.2 Å². The van der Waals surface area contributed by atoms with Crippen LogP contribution in [0, 0.1) is 6.92 Å². The quantitative estimate of drug-likeness (QED) is 0.881. The lowest BCUT2D eigenvalue weighted by Crippen LogP contribution is -2.40. The summed E-state index contributed by atoms with van der Waals surface area (Å²) >= 11 is 1.25. The van der Waals surface area contributed by atoms with E-state index in [1.807, 2.05) is 6.92 Å². The van der Waals surface area contributed by atoms with Crippen molar-refractivity contribution >= 4 is 27.0 Å². The minimum atomic E-state index is -3.57. The molecule has 2 aliphatic rings. The minimum Gasteiger partial charge on any atom is -0.448 e. The third-order valence-electron chi connectivity index (χ3n) is 4.38. The van der Waals surface area contributed by atoms with Crippen molar-refractivity contribution in [2.24, 2.45) is 0 Å². The zero-order chi connectivity index (χ0) is 16.8. The standard InChI is InChI=1S/C17H19NO4S2/c1-12-5-8-16(23-12)24(19,20)18-13-6-7-14-15(11-13)22-17(21-14)9-3-2-4-10-17/h5-8,11,18H,2-4,9-10H2,1H3. The van der Waals surface area contributed by atoms with E-state index in [2.05, 4.69) is 4.72 Å². The summed E-state index contributed by atoms with van der Waals surface area (Å²) < 4.78 is 39.9. The molecule has 7 heteroatoms. The highest BCUT2D eigenvalue weighted by Crippen LogP contribution is 2.46. The molecule has 1 spiro atoms. The Morgan fingerprint density at radius 3 is 2.50 bits per heavy atom. The van der Waals surface area contributed by atoms with Crippen LogP contribution < -0.4 is 14.2 Å². The number of aryl methyl sites for hydroxylation is 1. The molecule has 24 heavy (non-hydrogen) atoms. The molecular formula is C17H19NO4S2. The van der Waals surface area contributed by atoms with Crippen LogP contribution in [-0.4, -0.2) is 14.2 Å². The Morgan fingerprint density at radius 2 is 1.79 bits per heavy atom. The Labute approximate surface area is 145 Å². The van der Waals surface area contributed by atoms with E-state index < -0.39 is 15.8 Å². The van der Waals surface area contributed by atoms with Crippen LogP contribution in [0.25, 0.3) is 0 Å². The number of fused-ring (bicyclic) bond motifs is 1. The third kappa shape index (κ3) is 2.86. The Kier molecular flexibility index (Phi) is 3.73. The minimum absolute atomic E-state index is 0.307. The molecule has 1 aliphatic carbocycles. The van der Waals surface area contributed by atoms with E-state index in [9.17, 15) is 8.42 Å². The van der Waals surface area contributed by atoms with Crippen molar-refractivity contribution < 1.29 is 17.9 Å². The van der Waals surface area contributed by atoms with Crippen molar-refractivity contribution in [2.45, 2.75) is 49.0 Å². The fourth-order valence-electron chi connectivity index (χ4n) is 3.21. The van der Waals surface area contributed by atoms with Gasteiger partial charge in [-0.15, -0.1) is 11.3 Å². The highest BCUT2D eigenvalue weighted by atomic mass is 32.2. The molecule has 2 aromatic rings. The van der Waals surface area contributed by atoms with Gasteiger partial charge in [-0.3, -0.25) is 4.72 Å². The van der Waals surface area contributed by atoms with Gasteiger partial charge in [-0.1, -0.05) is 6.42 Å². The van der Waals surface area contributed by atoms with Gasteiger partial charge in [0.1, 0.15) is 4.21 Å². The van der Waals surface area contributed by atoms with E-state index in [4.69, 9.17) is 9.47 Å². The normalized spacial score (nSPS) is 18.7. The highest BCUT2D eigenvalue weighted by Gasteiger charge is 2.42. The van der Waals surface area contributed by atoms with Crippen LogP contribution in [0.3, 0.4) is 0 Å². The highest BCUT2D eigenvalue weighted by molar-refractivity contribution is 7.94.